The molecule has 6 heteroatoms. The molecule has 1 fully saturated rings. The lowest BCUT2D eigenvalue weighted by Gasteiger charge is -2.01. The van der Waals surface area contributed by atoms with Crippen molar-refractivity contribution in [1.82, 2.24) is 15.0 Å². The van der Waals surface area contributed by atoms with Gasteiger partial charge in [0.05, 0.1) is 0 Å². The summed E-state index contributed by atoms with van der Waals surface area (Å²) in [6.07, 6.45) is 2.31. The van der Waals surface area contributed by atoms with Crippen LogP contribution in [0.3, 0.4) is 0 Å². The topological polar surface area (TPSA) is 76.7 Å². The molecule has 0 saturated heterocycles. The fourth-order valence-corrected chi connectivity index (χ4v) is 1.01. The molecule has 0 bridgehead atoms. The molecule has 1 aromatic rings. The molecule has 0 aromatic carbocycles. The normalized spacial score (nSPS) is 16.1. The van der Waals surface area contributed by atoms with E-state index >= 15 is 0 Å². The van der Waals surface area contributed by atoms with E-state index in [4.69, 9.17) is 17.3 Å². The smallest absolute Gasteiger partial charge is 0.229 e. The second-order valence-electron chi connectivity index (χ2n) is 2.70. The minimum atomic E-state index is 0.130. The first-order valence-corrected chi connectivity index (χ1v) is 4.05. The lowest BCUT2D eigenvalue weighted by molar-refractivity contribution is 1.01. The third kappa shape index (κ3) is 1.73. The fraction of sp³-hybridized carbons (Fsp3) is 0.500. The van der Waals surface area contributed by atoms with Crippen molar-refractivity contribution < 1.29 is 0 Å². The third-order valence-electron chi connectivity index (χ3n) is 1.54. The first kappa shape index (κ1) is 7.54. The summed E-state index contributed by atoms with van der Waals surface area (Å²) in [6.45, 7) is 0. The standard InChI is InChI=1S/C6H8ClN5/c7-4-10-5(8)12-6(11-4)9-3-1-2-3/h3H,1-2H2,(H3,8,9,10,11,12). The maximum Gasteiger partial charge on any atom is 0.229 e. The van der Waals surface area contributed by atoms with Crippen molar-refractivity contribution in [3.05, 3.63) is 5.28 Å². The first-order chi connectivity index (χ1) is 5.74. The molecule has 1 aliphatic rings. The second kappa shape index (κ2) is 2.75. The number of hydrogen-bond donors (Lipinski definition) is 2. The molecule has 64 valence electrons. The molecule has 0 amide bonds. The Kier molecular flexibility index (Phi) is 1.73. The monoisotopic (exact) mass is 185 g/mol. The maximum absolute atomic E-state index is 5.57. The van der Waals surface area contributed by atoms with Crippen molar-refractivity contribution in [2.24, 2.45) is 0 Å². The molecule has 0 unspecified atom stereocenters. The van der Waals surface area contributed by atoms with E-state index in [1.54, 1.807) is 0 Å². The molecule has 0 atom stereocenters. The zero-order chi connectivity index (χ0) is 8.55. The summed E-state index contributed by atoms with van der Waals surface area (Å²) < 4.78 is 0. The van der Waals surface area contributed by atoms with Crippen LogP contribution in [-0.2, 0) is 0 Å². The number of hydrogen-bond acceptors (Lipinski definition) is 5. The Morgan fingerprint density at radius 3 is 2.67 bits per heavy atom. The van der Waals surface area contributed by atoms with Crippen LogP contribution in [0.1, 0.15) is 12.8 Å². The second-order valence-corrected chi connectivity index (χ2v) is 3.04. The van der Waals surface area contributed by atoms with Gasteiger partial charge in [-0.3, -0.25) is 0 Å². The zero-order valence-electron chi connectivity index (χ0n) is 6.29. The highest BCUT2D eigenvalue weighted by Crippen LogP contribution is 2.23. The van der Waals surface area contributed by atoms with Crippen LogP contribution in [0.25, 0.3) is 0 Å². The van der Waals surface area contributed by atoms with Crippen LogP contribution in [0, 0.1) is 0 Å². The van der Waals surface area contributed by atoms with E-state index in [-0.39, 0.29) is 11.2 Å². The highest BCUT2D eigenvalue weighted by Gasteiger charge is 2.22. The average molecular weight is 186 g/mol. The van der Waals surface area contributed by atoms with Crippen molar-refractivity contribution in [2.45, 2.75) is 18.9 Å². The molecule has 1 heterocycles. The highest BCUT2D eigenvalue weighted by molar-refractivity contribution is 6.28. The number of nitrogens with zero attached hydrogens (tertiary/aromatic N) is 3. The van der Waals surface area contributed by atoms with Gasteiger partial charge in [-0.1, -0.05) is 0 Å². The van der Waals surface area contributed by atoms with Gasteiger partial charge in [-0.15, -0.1) is 0 Å². The van der Waals surface area contributed by atoms with Crippen LogP contribution in [-0.4, -0.2) is 21.0 Å². The van der Waals surface area contributed by atoms with Gasteiger partial charge in [0, 0.05) is 6.04 Å². The van der Waals surface area contributed by atoms with Gasteiger partial charge in [-0.2, -0.15) is 15.0 Å². The summed E-state index contributed by atoms with van der Waals surface area (Å²) in [4.78, 5) is 11.4. The maximum atomic E-state index is 5.57. The average Bonchev–Trinajstić information content (AvgIpc) is 2.68. The molecule has 2 rings (SSSR count). The molecular weight excluding hydrogens is 178 g/mol. The van der Waals surface area contributed by atoms with E-state index in [0.29, 0.717) is 12.0 Å². The molecule has 12 heavy (non-hydrogen) atoms. The third-order valence-corrected chi connectivity index (χ3v) is 1.71. The van der Waals surface area contributed by atoms with E-state index in [1.165, 1.54) is 0 Å². The SMILES string of the molecule is Nc1nc(Cl)nc(NC2CC2)n1. The van der Waals surface area contributed by atoms with E-state index in [9.17, 15) is 0 Å². The first-order valence-electron chi connectivity index (χ1n) is 3.67. The molecule has 1 saturated carbocycles. The van der Waals surface area contributed by atoms with Gasteiger partial charge in [0.1, 0.15) is 0 Å². The molecule has 3 N–H and O–H groups in total. The Hall–Kier alpha value is -1.10. The van der Waals surface area contributed by atoms with Gasteiger partial charge >= 0.3 is 0 Å². The molecule has 5 nitrogen and oxygen atoms in total. The van der Waals surface area contributed by atoms with Crippen molar-refractivity contribution in [3.63, 3.8) is 0 Å². The van der Waals surface area contributed by atoms with E-state index in [1.807, 2.05) is 0 Å². The summed E-state index contributed by atoms with van der Waals surface area (Å²) >= 11 is 5.57. The number of rotatable bonds is 2. The van der Waals surface area contributed by atoms with E-state index in [2.05, 4.69) is 20.3 Å². The van der Waals surface area contributed by atoms with Gasteiger partial charge < -0.3 is 11.1 Å². The molecular formula is C6H8ClN5. The van der Waals surface area contributed by atoms with Gasteiger partial charge in [0.25, 0.3) is 0 Å². The lowest BCUT2D eigenvalue weighted by Crippen LogP contribution is -2.08. The van der Waals surface area contributed by atoms with Crippen molar-refractivity contribution >= 4 is 23.5 Å². The number of anilines is 2. The van der Waals surface area contributed by atoms with Crippen molar-refractivity contribution in [3.8, 4) is 0 Å². The molecule has 1 aromatic heterocycles. The number of nitrogen functional groups attached to an aromatic ring is 1. The quantitative estimate of drug-likeness (QED) is 0.709. The minimum absolute atomic E-state index is 0.130. The molecule has 1 aliphatic carbocycles. The summed E-state index contributed by atoms with van der Waals surface area (Å²) in [5.74, 6) is 0.619. The summed E-state index contributed by atoms with van der Waals surface area (Å²) in [5.41, 5.74) is 5.37. The Labute approximate surface area is 74.4 Å². The molecule has 0 radical (unpaired) electrons. The Morgan fingerprint density at radius 1 is 1.33 bits per heavy atom. The Morgan fingerprint density at radius 2 is 2.08 bits per heavy atom. The lowest BCUT2D eigenvalue weighted by atomic mass is 10.7. The summed E-state index contributed by atoms with van der Waals surface area (Å²) in [5, 5.41) is 3.20. The zero-order valence-corrected chi connectivity index (χ0v) is 7.04. The van der Waals surface area contributed by atoms with Crippen LogP contribution < -0.4 is 11.1 Å². The molecule has 0 spiro atoms. The van der Waals surface area contributed by atoms with Crippen LogP contribution >= 0.6 is 11.6 Å². The predicted molar refractivity (Wildman–Crippen MR) is 45.9 cm³/mol. The van der Waals surface area contributed by atoms with Gasteiger partial charge in [0.2, 0.25) is 17.2 Å². The van der Waals surface area contributed by atoms with Crippen LogP contribution in [0.4, 0.5) is 11.9 Å². The van der Waals surface area contributed by atoms with Crippen molar-refractivity contribution in [1.29, 1.82) is 0 Å². The Balaban J connectivity index is 2.18. The number of nitrogens with one attached hydrogen (secondary N) is 1. The number of halogens is 1. The number of nitrogens with two attached hydrogens (primary N) is 1. The predicted octanol–water partition coefficient (Wildman–Crippen LogP) is 0.681. The van der Waals surface area contributed by atoms with Gasteiger partial charge in [-0.05, 0) is 24.4 Å². The summed E-state index contributed by atoms with van der Waals surface area (Å²) in [6, 6.07) is 0.489. The summed E-state index contributed by atoms with van der Waals surface area (Å²) in [7, 11) is 0. The minimum Gasteiger partial charge on any atom is -0.368 e. The van der Waals surface area contributed by atoms with Gasteiger partial charge in [0.15, 0.2) is 0 Å². The number of aromatic nitrogens is 3. The fourth-order valence-electron chi connectivity index (χ4n) is 0.840. The van der Waals surface area contributed by atoms with E-state index < -0.39 is 0 Å². The highest BCUT2D eigenvalue weighted by atomic mass is 35.5. The van der Waals surface area contributed by atoms with Crippen molar-refractivity contribution in [2.75, 3.05) is 11.1 Å². The van der Waals surface area contributed by atoms with Crippen LogP contribution in [0.15, 0.2) is 0 Å². The van der Waals surface area contributed by atoms with Gasteiger partial charge in [-0.25, -0.2) is 0 Å². The Bertz CT molecular complexity index is 278. The van der Waals surface area contributed by atoms with Crippen LogP contribution in [0.5, 0.6) is 0 Å². The van der Waals surface area contributed by atoms with E-state index in [0.717, 1.165) is 12.8 Å². The molecule has 0 aliphatic heterocycles. The van der Waals surface area contributed by atoms with Crippen LogP contribution in [0.2, 0.25) is 5.28 Å². The largest absolute Gasteiger partial charge is 0.368 e.